The zero-order chi connectivity index (χ0) is 22.4. The molecule has 0 bridgehead atoms. The maximum Gasteiger partial charge on any atom is 0.268 e. The number of nitrogens with one attached hydrogen (secondary N) is 3. The average molecular weight is 463 g/mol. The van der Waals surface area contributed by atoms with E-state index in [-0.39, 0.29) is 25.2 Å². The van der Waals surface area contributed by atoms with Crippen molar-refractivity contribution in [2.45, 2.75) is 25.4 Å². The van der Waals surface area contributed by atoms with Crippen LogP contribution < -0.4 is 10.6 Å². The normalized spacial score (nSPS) is 12.9. The smallest absolute Gasteiger partial charge is 0.268 e. The van der Waals surface area contributed by atoms with Crippen LogP contribution in [0.3, 0.4) is 0 Å². The largest absolute Gasteiger partial charge is 0.394 e. The van der Waals surface area contributed by atoms with Gasteiger partial charge >= 0.3 is 0 Å². The zero-order valence-electron chi connectivity index (χ0n) is 16.9. The SMILES string of the molecule is CC[C@@H](CO)Nc1cc(-c2c[nH]c(C(=O)N[C@H](CO)c3cccc(Cl)c3)c2)c(Cl)cn1. The third kappa shape index (κ3) is 5.77. The number of benzene rings is 1. The highest BCUT2D eigenvalue weighted by Gasteiger charge is 2.18. The summed E-state index contributed by atoms with van der Waals surface area (Å²) in [7, 11) is 0. The number of halogens is 2. The number of H-pyrrole nitrogens is 1. The fourth-order valence-corrected chi connectivity index (χ4v) is 3.51. The molecule has 31 heavy (non-hydrogen) atoms. The van der Waals surface area contributed by atoms with Gasteiger partial charge in [0.2, 0.25) is 0 Å². The molecule has 9 heteroatoms. The number of aromatic amines is 1. The van der Waals surface area contributed by atoms with Gasteiger partial charge < -0.3 is 25.8 Å². The van der Waals surface area contributed by atoms with Crippen LogP contribution in [-0.2, 0) is 0 Å². The third-order valence-electron chi connectivity index (χ3n) is 4.90. The molecule has 0 aliphatic rings. The summed E-state index contributed by atoms with van der Waals surface area (Å²) in [4.78, 5) is 19.9. The van der Waals surface area contributed by atoms with Crippen molar-refractivity contribution in [1.82, 2.24) is 15.3 Å². The minimum atomic E-state index is -0.595. The number of anilines is 1. The Morgan fingerprint density at radius 3 is 2.68 bits per heavy atom. The second-order valence-corrected chi connectivity index (χ2v) is 7.89. The fraction of sp³-hybridized carbons (Fsp3) is 0.273. The van der Waals surface area contributed by atoms with E-state index in [0.717, 1.165) is 6.42 Å². The summed E-state index contributed by atoms with van der Waals surface area (Å²) in [5.74, 6) is 0.203. The van der Waals surface area contributed by atoms with Crippen LogP contribution in [0.1, 0.15) is 35.4 Å². The van der Waals surface area contributed by atoms with Crippen LogP contribution in [-0.4, -0.2) is 45.3 Å². The number of aromatic nitrogens is 2. The minimum absolute atomic E-state index is 0.0107. The molecule has 0 fully saturated rings. The van der Waals surface area contributed by atoms with Crippen molar-refractivity contribution in [3.8, 4) is 11.1 Å². The Labute approximate surface area is 190 Å². The van der Waals surface area contributed by atoms with Gasteiger partial charge in [0.1, 0.15) is 11.5 Å². The van der Waals surface area contributed by atoms with E-state index in [1.807, 2.05) is 6.92 Å². The number of hydrogen-bond acceptors (Lipinski definition) is 5. The highest BCUT2D eigenvalue weighted by molar-refractivity contribution is 6.33. The van der Waals surface area contributed by atoms with Gasteiger partial charge in [-0.3, -0.25) is 4.79 Å². The van der Waals surface area contributed by atoms with E-state index < -0.39 is 6.04 Å². The van der Waals surface area contributed by atoms with Gasteiger partial charge in [-0.1, -0.05) is 42.3 Å². The summed E-state index contributed by atoms with van der Waals surface area (Å²) < 4.78 is 0. The van der Waals surface area contributed by atoms with Gasteiger partial charge in [-0.25, -0.2) is 4.98 Å². The molecule has 0 spiro atoms. The number of carbonyl (C=O) groups excluding carboxylic acids is 1. The maximum atomic E-state index is 12.7. The Morgan fingerprint density at radius 2 is 2.00 bits per heavy atom. The summed E-state index contributed by atoms with van der Waals surface area (Å²) in [6, 6.07) is 9.71. The quantitative estimate of drug-likeness (QED) is 0.329. The predicted octanol–water partition coefficient (Wildman–Crippen LogP) is 4.03. The van der Waals surface area contributed by atoms with Crippen LogP contribution in [0.25, 0.3) is 11.1 Å². The molecule has 5 N–H and O–H groups in total. The Balaban J connectivity index is 1.78. The highest BCUT2D eigenvalue weighted by atomic mass is 35.5. The van der Waals surface area contributed by atoms with Crippen LogP contribution in [0.15, 0.2) is 48.8 Å². The number of carbonyl (C=O) groups is 1. The van der Waals surface area contributed by atoms with Crippen molar-refractivity contribution in [2.75, 3.05) is 18.5 Å². The van der Waals surface area contributed by atoms with Gasteiger partial charge in [0.15, 0.2) is 0 Å². The molecule has 3 aromatic rings. The molecule has 0 unspecified atom stereocenters. The van der Waals surface area contributed by atoms with Gasteiger partial charge in [-0.05, 0) is 36.2 Å². The first-order valence-corrected chi connectivity index (χ1v) is 10.6. The van der Waals surface area contributed by atoms with Crippen LogP contribution in [0, 0.1) is 0 Å². The fourth-order valence-electron chi connectivity index (χ4n) is 3.10. The number of aliphatic hydroxyl groups excluding tert-OH is 2. The number of hydrogen-bond donors (Lipinski definition) is 5. The topological polar surface area (TPSA) is 110 Å². The third-order valence-corrected chi connectivity index (χ3v) is 5.43. The first-order valence-electron chi connectivity index (χ1n) is 9.84. The molecule has 1 aromatic carbocycles. The van der Waals surface area contributed by atoms with Crippen LogP contribution in [0.5, 0.6) is 0 Å². The lowest BCUT2D eigenvalue weighted by molar-refractivity contribution is 0.0911. The molecule has 3 rings (SSSR count). The van der Waals surface area contributed by atoms with Gasteiger partial charge in [0.25, 0.3) is 5.91 Å². The van der Waals surface area contributed by atoms with Gasteiger partial charge in [0, 0.05) is 28.5 Å². The highest BCUT2D eigenvalue weighted by Crippen LogP contribution is 2.30. The number of nitrogens with zero attached hydrogens (tertiary/aromatic N) is 1. The summed E-state index contributed by atoms with van der Waals surface area (Å²) in [6.07, 6.45) is 3.94. The lowest BCUT2D eigenvalue weighted by Gasteiger charge is -2.16. The van der Waals surface area contributed by atoms with E-state index in [9.17, 15) is 15.0 Å². The minimum Gasteiger partial charge on any atom is -0.394 e. The standard InChI is InChI=1S/C22H24Cl2N4O3/c1-2-16(11-29)27-21-8-17(18(24)10-26-21)14-7-19(25-9-14)22(31)28-20(12-30)13-4-3-5-15(23)6-13/h3-10,16,20,25,29-30H,2,11-12H2,1H3,(H,26,27)(H,28,31)/t16-,20+/m0/s1. The van der Waals surface area contributed by atoms with Gasteiger partial charge in [-0.15, -0.1) is 0 Å². The van der Waals surface area contributed by atoms with Gasteiger partial charge in [0.05, 0.1) is 30.3 Å². The van der Waals surface area contributed by atoms with Crippen LogP contribution in [0.4, 0.5) is 5.82 Å². The molecule has 0 aliphatic heterocycles. The number of aliphatic hydroxyl groups is 2. The molecule has 2 aromatic heterocycles. The molecule has 0 saturated carbocycles. The van der Waals surface area contributed by atoms with Crippen LogP contribution in [0.2, 0.25) is 10.0 Å². The van der Waals surface area contributed by atoms with Crippen molar-refractivity contribution < 1.29 is 15.0 Å². The van der Waals surface area contributed by atoms with Crippen molar-refractivity contribution in [2.24, 2.45) is 0 Å². The molecule has 7 nitrogen and oxygen atoms in total. The first-order chi connectivity index (χ1) is 14.9. The Kier molecular flexibility index (Phi) is 7.92. The lowest BCUT2D eigenvalue weighted by Crippen LogP contribution is -2.31. The monoisotopic (exact) mass is 462 g/mol. The summed E-state index contributed by atoms with van der Waals surface area (Å²) in [5, 5.41) is 26.0. The molecular weight excluding hydrogens is 439 g/mol. The van der Waals surface area contributed by atoms with Crippen molar-refractivity contribution in [1.29, 1.82) is 0 Å². The molecule has 1 amide bonds. The predicted molar refractivity (Wildman–Crippen MR) is 123 cm³/mol. The zero-order valence-corrected chi connectivity index (χ0v) is 18.4. The van der Waals surface area contributed by atoms with E-state index in [1.165, 1.54) is 6.20 Å². The number of pyridine rings is 1. The van der Waals surface area contributed by atoms with E-state index in [4.69, 9.17) is 23.2 Å². The Hall–Kier alpha value is -2.58. The Bertz CT molecular complexity index is 1040. The van der Waals surface area contributed by atoms with E-state index in [1.54, 1.807) is 42.6 Å². The van der Waals surface area contributed by atoms with Gasteiger partial charge in [-0.2, -0.15) is 0 Å². The molecule has 2 atom stereocenters. The molecule has 0 saturated heterocycles. The molecular formula is C22H24Cl2N4O3. The number of rotatable bonds is 9. The molecule has 0 radical (unpaired) electrons. The van der Waals surface area contributed by atoms with Crippen molar-refractivity contribution in [3.63, 3.8) is 0 Å². The summed E-state index contributed by atoms with van der Waals surface area (Å²) >= 11 is 12.3. The van der Waals surface area contributed by atoms with E-state index >= 15 is 0 Å². The molecule has 2 heterocycles. The second-order valence-electron chi connectivity index (χ2n) is 7.05. The summed E-state index contributed by atoms with van der Waals surface area (Å²) in [6.45, 7) is 1.68. The van der Waals surface area contributed by atoms with E-state index in [0.29, 0.717) is 38.2 Å². The molecule has 164 valence electrons. The van der Waals surface area contributed by atoms with Crippen molar-refractivity contribution >= 4 is 34.9 Å². The second kappa shape index (κ2) is 10.6. The number of amides is 1. The van der Waals surface area contributed by atoms with Crippen LogP contribution >= 0.6 is 23.2 Å². The van der Waals surface area contributed by atoms with Crippen molar-refractivity contribution in [3.05, 3.63) is 70.1 Å². The first kappa shape index (κ1) is 23.1. The molecule has 0 aliphatic carbocycles. The summed E-state index contributed by atoms with van der Waals surface area (Å²) in [5.41, 5.74) is 2.42. The average Bonchev–Trinajstić information content (AvgIpc) is 3.27. The van der Waals surface area contributed by atoms with E-state index in [2.05, 4.69) is 20.6 Å². The lowest BCUT2D eigenvalue weighted by atomic mass is 10.1. The maximum absolute atomic E-state index is 12.7. The Morgan fingerprint density at radius 1 is 1.19 bits per heavy atom.